The Kier molecular flexibility index (Phi) is 5.30. The highest BCUT2D eigenvalue weighted by Crippen LogP contribution is 2.27. The molecule has 1 aliphatic heterocycles. The Morgan fingerprint density at radius 2 is 1.93 bits per heavy atom. The van der Waals surface area contributed by atoms with Crippen LogP contribution in [0.1, 0.15) is 43.2 Å². The van der Waals surface area contributed by atoms with Crippen LogP contribution in [0.25, 0.3) is 33.5 Å². The van der Waals surface area contributed by atoms with Gasteiger partial charge in [0.05, 0.1) is 28.4 Å². The van der Waals surface area contributed by atoms with E-state index >= 15 is 0 Å². The van der Waals surface area contributed by atoms with Crippen LogP contribution in [-0.4, -0.2) is 32.6 Å². The lowest BCUT2D eigenvalue weighted by atomic mass is 9.92. The van der Waals surface area contributed by atoms with Gasteiger partial charge in [-0.25, -0.2) is 9.97 Å². The van der Waals surface area contributed by atoms with E-state index in [4.69, 9.17) is 4.98 Å². The number of unbranched alkanes of at least 4 members (excludes halogenated alkanes) is 1. The molecule has 1 aliphatic rings. The number of aromatic amines is 1. The maximum atomic E-state index is 4.87. The first-order chi connectivity index (χ1) is 14.7. The first kappa shape index (κ1) is 19.3. The predicted molar refractivity (Wildman–Crippen MR) is 124 cm³/mol. The first-order valence-corrected chi connectivity index (χ1v) is 11.3. The number of benzene rings is 2. The average molecular weight is 402 g/mol. The summed E-state index contributed by atoms with van der Waals surface area (Å²) in [6, 6.07) is 10.8. The number of hydrogen-bond donors (Lipinski definition) is 2. The summed E-state index contributed by atoms with van der Waals surface area (Å²) in [6.45, 7) is 7.71. The van der Waals surface area contributed by atoms with Crippen molar-refractivity contribution in [1.82, 2.24) is 24.8 Å². The number of nitrogens with zero attached hydrogens (tertiary/aromatic N) is 3. The summed E-state index contributed by atoms with van der Waals surface area (Å²) in [7, 11) is 0. The van der Waals surface area contributed by atoms with Gasteiger partial charge in [-0.1, -0.05) is 18.9 Å². The molecule has 0 radical (unpaired) electrons. The molecule has 0 bridgehead atoms. The Balaban J connectivity index is 1.29. The third-order valence-corrected chi connectivity index (χ3v) is 6.79. The van der Waals surface area contributed by atoms with E-state index in [0.29, 0.717) is 0 Å². The second kappa shape index (κ2) is 8.23. The van der Waals surface area contributed by atoms with Crippen molar-refractivity contribution >= 4 is 22.1 Å². The van der Waals surface area contributed by atoms with Crippen LogP contribution >= 0.6 is 0 Å². The third-order valence-electron chi connectivity index (χ3n) is 6.79. The van der Waals surface area contributed by atoms with E-state index in [-0.39, 0.29) is 0 Å². The SMILES string of the molecule is Cc1ccc2[nH]c(-c3ccc4c(c3)ncn4CCCCC3CCNCC3)nc2c1C. The number of piperidine rings is 1. The van der Waals surface area contributed by atoms with Crippen molar-refractivity contribution in [2.75, 3.05) is 13.1 Å². The van der Waals surface area contributed by atoms with Gasteiger partial charge < -0.3 is 14.9 Å². The standard InChI is InChI=1S/C25H31N5/c1-17-6-8-21-24(18(17)2)29-25(28-21)20-7-9-23-22(15-20)27-16-30(23)14-4-3-5-19-10-12-26-13-11-19/h6-9,15-16,19,26H,3-5,10-14H2,1-2H3,(H,28,29). The molecule has 0 aliphatic carbocycles. The Bertz CT molecular complexity index is 1160. The summed E-state index contributed by atoms with van der Waals surface area (Å²) in [4.78, 5) is 13.0. The van der Waals surface area contributed by atoms with E-state index in [1.165, 1.54) is 61.8 Å². The van der Waals surface area contributed by atoms with Gasteiger partial charge in [-0.3, -0.25) is 0 Å². The number of imidazole rings is 2. The maximum absolute atomic E-state index is 4.87. The highest BCUT2D eigenvalue weighted by atomic mass is 15.0. The van der Waals surface area contributed by atoms with Crippen LogP contribution in [0.4, 0.5) is 0 Å². The fraction of sp³-hybridized carbons (Fsp3) is 0.440. The van der Waals surface area contributed by atoms with E-state index in [1.54, 1.807) is 0 Å². The summed E-state index contributed by atoms with van der Waals surface area (Å²) in [5.41, 5.74) is 8.01. The summed E-state index contributed by atoms with van der Waals surface area (Å²) in [5.74, 6) is 1.83. The number of aryl methyl sites for hydroxylation is 3. The zero-order valence-corrected chi connectivity index (χ0v) is 18.0. The molecule has 30 heavy (non-hydrogen) atoms. The van der Waals surface area contributed by atoms with Gasteiger partial charge in [0, 0.05) is 12.1 Å². The van der Waals surface area contributed by atoms with Crippen LogP contribution in [0, 0.1) is 19.8 Å². The molecule has 4 aromatic rings. The van der Waals surface area contributed by atoms with Gasteiger partial charge in [-0.05, 0) is 87.5 Å². The fourth-order valence-corrected chi connectivity index (χ4v) is 4.72. The lowest BCUT2D eigenvalue weighted by Gasteiger charge is -2.22. The summed E-state index contributed by atoms with van der Waals surface area (Å²) in [6.07, 6.45) is 8.57. The van der Waals surface area contributed by atoms with E-state index in [1.807, 2.05) is 6.33 Å². The molecule has 2 aromatic carbocycles. The minimum absolute atomic E-state index is 0.914. The molecule has 1 fully saturated rings. The molecular weight excluding hydrogens is 370 g/mol. The molecule has 0 saturated carbocycles. The molecular formula is C25H31N5. The van der Waals surface area contributed by atoms with Gasteiger partial charge in [0.1, 0.15) is 5.82 Å². The largest absolute Gasteiger partial charge is 0.338 e. The lowest BCUT2D eigenvalue weighted by Crippen LogP contribution is -2.27. The number of hydrogen-bond acceptors (Lipinski definition) is 3. The highest BCUT2D eigenvalue weighted by Gasteiger charge is 2.13. The molecule has 5 heteroatoms. The zero-order valence-electron chi connectivity index (χ0n) is 18.0. The topological polar surface area (TPSA) is 58.5 Å². The van der Waals surface area contributed by atoms with Crippen molar-refractivity contribution in [3.05, 3.63) is 47.8 Å². The average Bonchev–Trinajstić information content (AvgIpc) is 3.39. The molecule has 1 saturated heterocycles. The van der Waals surface area contributed by atoms with Crippen LogP contribution in [0.5, 0.6) is 0 Å². The van der Waals surface area contributed by atoms with Gasteiger partial charge in [-0.15, -0.1) is 0 Å². The Labute approximate surface area is 177 Å². The van der Waals surface area contributed by atoms with Crippen molar-refractivity contribution < 1.29 is 0 Å². The Morgan fingerprint density at radius 3 is 2.80 bits per heavy atom. The van der Waals surface area contributed by atoms with E-state index in [0.717, 1.165) is 40.4 Å². The maximum Gasteiger partial charge on any atom is 0.138 e. The van der Waals surface area contributed by atoms with Crippen molar-refractivity contribution in [3.63, 3.8) is 0 Å². The van der Waals surface area contributed by atoms with E-state index < -0.39 is 0 Å². The number of rotatable bonds is 6. The lowest BCUT2D eigenvalue weighted by molar-refractivity contribution is 0.341. The number of nitrogens with one attached hydrogen (secondary N) is 2. The Morgan fingerprint density at radius 1 is 1.07 bits per heavy atom. The predicted octanol–water partition coefficient (Wildman–Crippen LogP) is 5.37. The summed E-state index contributed by atoms with van der Waals surface area (Å²) < 4.78 is 2.30. The first-order valence-electron chi connectivity index (χ1n) is 11.3. The summed E-state index contributed by atoms with van der Waals surface area (Å²) >= 11 is 0. The molecule has 156 valence electrons. The van der Waals surface area contributed by atoms with Gasteiger partial charge in [-0.2, -0.15) is 0 Å². The molecule has 0 unspecified atom stereocenters. The number of aromatic nitrogens is 4. The van der Waals surface area contributed by atoms with Gasteiger partial charge >= 0.3 is 0 Å². The smallest absolute Gasteiger partial charge is 0.138 e. The van der Waals surface area contributed by atoms with Gasteiger partial charge in [0.25, 0.3) is 0 Å². The second-order valence-corrected chi connectivity index (χ2v) is 8.82. The number of fused-ring (bicyclic) bond motifs is 2. The molecule has 0 atom stereocenters. The van der Waals surface area contributed by atoms with Crippen LogP contribution in [0.2, 0.25) is 0 Å². The van der Waals surface area contributed by atoms with Crippen molar-refractivity contribution in [3.8, 4) is 11.4 Å². The third kappa shape index (κ3) is 3.74. The van der Waals surface area contributed by atoms with Crippen LogP contribution in [0.3, 0.4) is 0 Å². The number of H-pyrrole nitrogens is 1. The molecule has 0 spiro atoms. The summed E-state index contributed by atoms with van der Waals surface area (Å²) in [5, 5.41) is 3.46. The van der Waals surface area contributed by atoms with Crippen LogP contribution in [0.15, 0.2) is 36.7 Å². The second-order valence-electron chi connectivity index (χ2n) is 8.82. The zero-order chi connectivity index (χ0) is 20.5. The van der Waals surface area contributed by atoms with Crippen LogP contribution in [-0.2, 0) is 6.54 Å². The van der Waals surface area contributed by atoms with Crippen molar-refractivity contribution in [2.45, 2.75) is 52.5 Å². The monoisotopic (exact) mass is 401 g/mol. The molecule has 2 aromatic heterocycles. The van der Waals surface area contributed by atoms with Crippen molar-refractivity contribution in [1.29, 1.82) is 0 Å². The molecule has 3 heterocycles. The van der Waals surface area contributed by atoms with E-state index in [9.17, 15) is 0 Å². The normalized spacial score (nSPS) is 15.4. The van der Waals surface area contributed by atoms with Gasteiger partial charge in [0.15, 0.2) is 0 Å². The minimum Gasteiger partial charge on any atom is -0.338 e. The van der Waals surface area contributed by atoms with Crippen LogP contribution < -0.4 is 5.32 Å². The highest BCUT2D eigenvalue weighted by molar-refractivity contribution is 5.86. The van der Waals surface area contributed by atoms with E-state index in [2.05, 4.69) is 64.0 Å². The molecule has 5 nitrogen and oxygen atoms in total. The fourth-order valence-electron chi connectivity index (χ4n) is 4.72. The molecule has 2 N–H and O–H groups in total. The Hall–Kier alpha value is -2.66. The molecule has 5 rings (SSSR count). The van der Waals surface area contributed by atoms with Crippen molar-refractivity contribution in [2.24, 2.45) is 5.92 Å². The molecule has 0 amide bonds. The van der Waals surface area contributed by atoms with Gasteiger partial charge in [0.2, 0.25) is 0 Å². The quantitative estimate of drug-likeness (QED) is 0.427. The minimum atomic E-state index is 0.914.